The predicted molar refractivity (Wildman–Crippen MR) is 51.8 cm³/mol. The lowest BCUT2D eigenvalue weighted by atomic mass is 10.3. The number of oxazole rings is 1. The molecule has 0 spiro atoms. The third-order valence-corrected chi connectivity index (χ3v) is 2.37. The molecule has 0 atom stereocenters. The van der Waals surface area contributed by atoms with E-state index in [0.717, 1.165) is 5.56 Å². The lowest BCUT2D eigenvalue weighted by Crippen LogP contribution is -1.84. The first-order valence-electron chi connectivity index (χ1n) is 3.87. The molecule has 0 aromatic carbocycles. The molecule has 14 heavy (non-hydrogen) atoms. The highest BCUT2D eigenvalue weighted by Crippen LogP contribution is 2.31. The van der Waals surface area contributed by atoms with Crippen LogP contribution in [0.5, 0.6) is 5.88 Å². The summed E-state index contributed by atoms with van der Waals surface area (Å²) >= 11 is 1.54. The SMILES string of the molecule is COc1nc(C=O)oc1-c1ccsc1. The van der Waals surface area contributed by atoms with Crippen molar-refractivity contribution in [3.8, 4) is 17.2 Å². The molecule has 0 aliphatic carbocycles. The molecule has 2 rings (SSSR count). The van der Waals surface area contributed by atoms with E-state index in [0.29, 0.717) is 17.9 Å². The zero-order valence-corrected chi connectivity index (χ0v) is 8.21. The predicted octanol–water partition coefficient (Wildman–Crippen LogP) is 2.22. The first-order chi connectivity index (χ1) is 6.85. The molecular weight excluding hydrogens is 202 g/mol. The van der Waals surface area contributed by atoms with Gasteiger partial charge in [-0.15, -0.1) is 0 Å². The number of aldehydes is 1. The highest BCUT2D eigenvalue weighted by molar-refractivity contribution is 7.08. The van der Waals surface area contributed by atoms with E-state index >= 15 is 0 Å². The normalized spacial score (nSPS) is 10.1. The molecular formula is C9H7NO3S. The van der Waals surface area contributed by atoms with Gasteiger partial charge in [-0.2, -0.15) is 16.3 Å². The summed E-state index contributed by atoms with van der Waals surface area (Å²) in [6.45, 7) is 0. The van der Waals surface area contributed by atoms with E-state index in [1.54, 1.807) is 0 Å². The van der Waals surface area contributed by atoms with Crippen LogP contribution in [-0.2, 0) is 0 Å². The maximum atomic E-state index is 10.4. The minimum absolute atomic E-state index is 0.0306. The summed E-state index contributed by atoms with van der Waals surface area (Å²) in [5.74, 6) is 0.865. The summed E-state index contributed by atoms with van der Waals surface area (Å²) in [7, 11) is 1.49. The molecule has 5 heteroatoms. The maximum absolute atomic E-state index is 10.4. The van der Waals surface area contributed by atoms with Crippen molar-refractivity contribution >= 4 is 17.6 Å². The number of carbonyl (C=O) groups is 1. The Kier molecular flexibility index (Phi) is 2.32. The largest absolute Gasteiger partial charge is 0.478 e. The lowest BCUT2D eigenvalue weighted by molar-refractivity contribution is 0.109. The van der Waals surface area contributed by atoms with E-state index in [1.165, 1.54) is 18.4 Å². The molecule has 2 heterocycles. The van der Waals surface area contributed by atoms with Crippen LogP contribution in [0.25, 0.3) is 11.3 Å². The second kappa shape index (κ2) is 3.63. The van der Waals surface area contributed by atoms with Gasteiger partial charge in [0.15, 0.2) is 5.76 Å². The molecule has 0 fully saturated rings. The van der Waals surface area contributed by atoms with Crippen LogP contribution < -0.4 is 4.74 Å². The first-order valence-corrected chi connectivity index (χ1v) is 4.82. The smallest absolute Gasteiger partial charge is 0.263 e. The van der Waals surface area contributed by atoms with Gasteiger partial charge in [0.25, 0.3) is 11.8 Å². The molecule has 4 nitrogen and oxygen atoms in total. The van der Waals surface area contributed by atoms with Gasteiger partial charge in [0.1, 0.15) is 0 Å². The molecule has 0 N–H and O–H groups in total. The van der Waals surface area contributed by atoms with Gasteiger partial charge < -0.3 is 9.15 Å². The van der Waals surface area contributed by atoms with Crippen molar-refractivity contribution in [3.63, 3.8) is 0 Å². The van der Waals surface area contributed by atoms with Crippen LogP contribution in [0.4, 0.5) is 0 Å². The maximum Gasteiger partial charge on any atom is 0.263 e. The molecule has 2 aromatic heterocycles. The molecule has 0 bridgehead atoms. The Morgan fingerprint density at radius 1 is 1.64 bits per heavy atom. The third kappa shape index (κ3) is 1.42. The van der Waals surface area contributed by atoms with Gasteiger partial charge in [0.05, 0.1) is 7.11 Å². The standard InChI is InChI=1S/C9H7NO3S/c1-12-9-8(6-2-3-14-5-6)13-7(4-11)10-9/h2-5H,1H3. The highest BCUT2D eigenvalue weighted by atomic mass is 32.1. The number of aromatic nitrogens is 1. The molecule has 2 aromatic rings. The fraction of sp³-hybridized carbons (Fsp3) is 0.111. The van der Waals surface area contributed by atoms with Crippen LogP contribution in [0.15, 0.2) is 21.2 Å². The average molecular weight is 209 g/mol. The quantitative estimate of drug-likeness (QED) is 0.727. The zero-order chi connectivity index (χ0) is 9.97. The summed E-state index contributed by atoms with van der Waals surface area (Å²) in [5.41, 5.74) is 0.868. The molecule has 0 aliphatic rings. The van der Waals surface area contributed by atoms with E-state index in [4.69, 9.17) is 9.15 Å². The fourth-order valence-corrected chi connectivity index (χ4v) is 1.72. The molecule has 0 unspecified atom stereocenters. The summed E-state index contributed by atoms with van der Waals surface area (Å²) in [5, 5.41) is 3.81. The Bertz CT molecular complexity index is 433. The average Bonchev–Trinajstić information content (AvgIpc) is 2.85. The molecule has 0 aliphatic heterocycles. The van der Waals surface area contributed by atoms with E-state index in [9.17, 15) is 4.79 Å². The van der Waals surface area contributed by atoms with Gasteiger partial charge in [-0.25, -0.2) is 0 Å². The number of thiophene rings is 1. The number of carbonyl (C=O) groups excluding carboxylic acids is 1. The number of hydrogen-bond donors (Lipinski definition) is 0. The Labute approximate surface area is 84.1 Å². The van der Waals surface area contributed by atoms with E-state index in [-0.39, 0.29) is 5.89 Å². The van der Waals surface area contributed by atoms with Crippen LogP contribution in [0.3, 0.4) is 0 Å². The fourth-order valence-electron chi connectivity index (χ4n) is 1.09. The van der Waals surface area contributed by atoms with Crippen LogP contribution >= 0.6 is 11.3 Å². The van der Waals surface area contributed by atoms with Gasteiger partial charge in [-0.1, -0.05) is 0 Å². The van der Waals surface area contributed by atoms with Crippen LogP contribution in [-0.4, -0.2) is 18.4 Å². The van der Waals surface area contributed by atoms with E-state index in [2.05, 4.69) is 4.98 Å². The van der Waals surface area contributed by atoms with Crippen LogP contribution in [0, 0.1) is 0 Å². The minimum atomic E-state index is 0.0306. The van der Waals surface area contributed by atoms with Crippen molar-refractivity contribution in [2.24, 2.45) is 0 Å². The van der Waals surface area contributed by atoms with Crippen LogP contribution in [0.1, 0.15) is 10.7 Å². The second-order valence-corrected chi connectivity index (χ2v) is 3.30. The number of rotatable bonds is 3. The molecule has 0 saturated heterocycles. The molecule has 0 amide bonds. The van der Waals surface area contributed by atoms with Gasteiger partial charge in [0, 0.05) is 10.9 Å². The molecule has 0 radical (unpaired) electrons. The van der Waals surface area contributed by atoms with E-state index < -0.39 is 0 Å². The first kappa shape index (κ1) is 8.96. The zero-order valence-electron chi connectivity index (χ0n) is 7.39. The Balaban J connectivity index is 2.51. The molecule has 72 valence electrons. The lowest BCUT2D eigenvalue weighted by Gasteiger charge is -1.94. The van der Waals surface area contributed by atoms with Crippen molar-refractivity contribution < 1.29 is 13.9 Å². The summed E-state index contributed by atoms with van der Waals surface area (Å²) < 4.78 is 10.2. The number of hydrogen-bond acceptors (Lipinski definition) is 5. The van der Waals surface area contributed by atoms with Gasteiger partial charge in [-0.3, -0.25) is 4.79 Å². The van der Waals surface area contributed by atoms with Crippen molar-refractivity contribution in [3.05, 3.63) is 22.7 Å². The summed E-state index contributed by atoms with van der Waals surface area (Å²) in [6, 6.07) is 1.88. The Morgan fingerprint density at radius 3 is 3.07 bits per heavy atom. The Hall–Kier alpha value is -1.62. The van der Waals surface area contributed by atoms with Crippen LogP contribution in [0.2, 0.25) is 0 Å². The number of nitrogens with zero attached hydrogens (tertiary/aromatic N) is 1. The highest BCUT2D eigenvalue weighted by Gasteiger charge is 2.15. The number of ether oxygens (including phenoxy) is 1. The van der Waals surface area contributed by atoms with Gasteiger partial charge in [0.2, 0.25) is 6.29 Å². The van der Waals surface area contributed by atoms with Gasteiger partial charge in [-0.05, 0) is 11.4 Å². The topological polar surface area (TPSA) is 52.3 Å². The number of methoxy groups -OCH3 is 1. The van der Waals surface area contributed by atoms with Crippen molar-refractivity contribution in [1.82, 2.24) is 4.98 Å². The van der Waals surface area contributed by atoms with Crippen molar-refractivity contribution in [2.45, 2.75) is 0 Å². The monoisotopic (exact) mass is 209 g/mol. The third-order valence-electron chi connectivity index (χ3n) is 1.69. The second-order valence-electron chi connectivity index (χ2n) is 2.52. The Morgan fingerprint density at radius 2 is 2.50 bits per heavy atom. The van der Waals surface area contributed by atoms with Crippen molar-refractivity contribution in [2.75, 3.05) is 7.11 Å². The van der Waals surface area contributed by atoms with E-state index in [1.807, 2.05) is 16.8 Å². The van der Waals surface area contributed by atoms with Crippen molar-refractivity contribution in [1.29, 1.82) is 0 Å². The summed E-state index contributed by atoms with van der Waals surface area (Å²) in [4.78, 5) is 14.3. The summed E-state index contributed by atoms with van der Waals surface area (Å²) in [6.07, 6.45) is 0.554. The molecule has 0 saturated carbocycles. The minimum Gasteiger partial charge on any atom is -0.478 e. The van der Waals surface area contributed by atoms with Gasteiger partial charge >= 0.3 is 0 Å².